The molecule has 0 aliphatic carbocycles. The van der Waals surface area contributed by atoms with Crippen LogP contribution in [0, 0.1) is 11.3 Å². The number of nitrogens with zero attached hydrogens (tertiary/aromatic N) is 1. The van der Waals surface area contributed by atoms with E-state index in [0.717, 1.165) is 18.8 Å². The molecule has 0 saturated carbocycles. The number of nitrogens with one attached hydrogen (secondary N) is 1. The van der Waals surface area contributed by atoms with E-state index in [2.05, 4.69) is 11.4 Å². The summed E-state index contributed by atoms with van der Waals surface area (Å²) in [6, 6.07) is 10.1. The lowest BCUT2D eigenvalue weighted by Crippen LogP contribution is -2.14. The Balaban J connectivity index is 2.44. The van der Waals surface area contributed by atoms with Gasteiger partial charge in [0.25, 0.3) is 0 Å². The molecule has 0 heterocycles. The SMILES string of the molecule is CC(C)Oc1cccc(CNCCC#N)c1. The molecule has 86 valence electrons. The highest BCUT2D eigenvalue weighted by atomic mass is 16.5. The summed E-state index contributed by atoms with van der Waals surface area (Å²) in [5, 5.41) is 11.6. The summed E-state index contributed by atoms with van der Waals surface area (Å²) in [4.78, 5) is 0. The van der Waals surface area contributed by atoms with E-state index in [1.807, 2.05) is 38.1 Å². The lowest BCUT2D eigenvalue weighted by molar-refractivity contribution is 0.242. The van der Waals surface area contributed by atoms with Crippen molar-refractivity contribution in [1.29, 1.82) is 5.26 Å². The Labute approximate surface area is 97.0 Å². The van der Waals surface area contributed by atoms with Gasteiger partial charge in [-0.1, -0.05) is 12.1 Å². The zero-order valence-corrected chi connectivity index (χ0v) is 9.86. The van der Waals surface area contributed by atoms with Crippen molar-refractivity contribution in [3.05, 3.63) is 29.8 Å². The van der Waals surface area contributed by atoms with Crippen molar-refractivity contribution in [2.24, 2.45) is 0 Å². The minimum atomic E-state index is 0.196. The predicted molar refractivity (Wildman–Crippen MR) is 64.1 cm³/mol. The van der Waals surface area contributed by atoms with E-state index in [4.69, 9.17) is 10.00 Å². The van der Waals surface area contributed by atoms with Crippen LogP contribution in [0.25, 0.3) is 0 Å². The van der Waals surface area contributed by atoms with Crippen LogP contribution in [0.3, 0.4) is 0 Å². The average molecular weight is 218 g/mol. The van der Waals surface area contributed by atoms with Crippen molar-refractivity contribution in [3.63, 3.8) is 0 Å². The Morgan fingerprint density at radius 1 is 1.44 bits per heavy atom. The second kappa shape index (κ2) is 6.86. The molecular weight excluding hydrogens is 200 g/mol. The molecule has 0 aliphatic heterocycles. The van der Waals surface area contributed by atoms with Gasteiger partial charge in [0, 0.05) is 19.5 Å². The van der Waals surface area contributed by atoms with E-state index in [1.165, 1.54) is 5.56 Å². The summed E-state index contributed by atoms with van der Waals surface area (Å²) in [6.07, 6.45) is 0.740. The molecule has 1 N–H and O–H groups in total. The zero-order valence-electron chi connectivity index (χ0n) is 9.86. The first-order valence-corrected chi connectivity index (χ1v) is 5.55. The standard InChI is InChI=1S/C13H18N2O/c1-11(2)16-13-6-3-5-12(9-13)10-15-8-4-7-14/h3,5-6,9,11,15H,4,8,10H2,1-2H3. The third-order valence-electron chi connectivity index (χ3n) is 2.01. The number of hydrogen-bond acceptors (Lipinski definition) is 3. The molecule has 1 aromatic rings. The molecule has 0 atom stereocenters. The van der Waals surface area contributed by atoms with Gasteiger partial charge in [-0.25, -0.2) is 0 Å². The van der Waals surface area contributed by atoms with Crippen molar-refractivity contribution in [2.75, 3.05) is 6.54 Å². The zero-order chi connectivity index (χ0) is 11.8. The first-order valence-electron chi connectivity index (χ1n) is 5.55. The minimum absolute atomic E-state index is 0.196. The number of rotatable bonds is 6. The molecule has 0 aromatic heterocycles. The molecule has 0 aliphatic rings. The van der Waals surface area contributed by atoms with Crippen molar-refractivity contribution in [3.8, 4) is 11.8 Å². The Hall–Kier alpha value is -1.53. The molecule has 1 aromatic carbocycles. The third kappa shape index (κ3) is 4.81. The van der Waals surface area contributed by atoms with Crippen LogP contribution in [0.15, 0.2) is 24.3 Å². The summed E-state index contributed by atoms with van der Waals surface area (Å²) in [5.74, 6) is 0.898. The Morgan fingerprint density at radius 3 is 2.94 bits per heavy atom. The van der Waals surface area contributed by atoms with Crippen LogP contribution in [-0.4, -0.2) is 12.6 Å². The van der Waals surface area contributed by atoms with E-state index in [0.29, 0.717) is 6.42 Å². The van der Waals surface area contributed by atoms with Crippen LogP contribution in [-0.2, 0) is 6.54 Å². The Bertz CT molecular complexity index is 355. The molecular formula is C13H18N2O. The normalized spacial score (nSPS) is 10.1. The van der Waals surface area contributed by atoms with Gasteiger partial charge in [0.05, 0.1) is 12.2 Å². The third-order valence-corrected chi connectivity index (χ3v) is 2.01. The summed E-state index contributed by atoms with van der Waals surface area (Å²) in [6.45, 7) is 5.53. The lowest BCUT2D eigenvalue weighted by Gasteiger charge is -2.11. The molecule has 16 heavy (non-hydrogen) atoms. The predicted octanol–water partition coefficient (Wildman–Crippen LogP) is 2.48. The number of ether oxygens (including phenoxy) is 1. The molecule has 3 heteroatoms. The molecule has 0 amide bonds. The first-order chi connectivity index (χ1) is 7.72. The van der Waals surface area contributed by atoms with E-state index in [-0.39, 0.29) is 6.10 Å². The van der Waals surface area contributed by atoms with Gasteiger partial charge in [0.1, 0.15) is 5.75 Å². The van der Waals surface area contributed by atoms with Gasteiger partial charge in [-0.2, -0.15) is 5.26 Å². The summed E-state index contributed by atoms with van der Waals surface area (Å²) >= 11 is 0. The Morgan fingerprint density at radius 2 is 2.25 bits per heavy atom. The van der Waals surface area contributed by atoms with Gasteiger partial charge in [-0.15, -0.1) is 0 Å². The van der Waals surface area contributed by atoms with Gasteiger partial charge in [0.15, 0.2) is 0 Å². The van der Waals surface area contributed by atoms with Gasteiger partial charge in [0.2, 0.25) is 0 Å². The van der Waals surface area contributed by atoms with E-state index >= 15 is 0 Å². The molecule has 0 unspecified atom stereocenters. The fourth-order valence-corrected chi connectivity index (χ4v) is 1.38. The molecule has 3 nitrogen and oxygen atoms in total. The molecule has 0 spiro atoms. The molecule has 0 saturated heterocycles. The molecule has 1 rings (SSSR count). The van der Waals surface area contributed by atoms with Gasteiger partial charge < -0.3 is 10.1 Å². The average Bonchev–Trinajstić information content (AvgIpc) is 2.24. The monoisotopic (exact) mass is 218 g/mol. The second-order valence-corrected chi connectivity index (χ2v) is 3.90. The van der Waals surface area contributed by atoms with Crippen LogP contribution in [0.2, 0.25) is 0 Å². The van der Waals surface area contributed by atoms with Crippen molar-refractivity contribution < 1.29 is 4.74 Å². The lowest BCUT2D eigenvalue weighted by atomic mass is 10.2. The van der Waals surface area contributed by atoms with Crippen LogP contribution < -0.4 is 10.1 Å². The maximum Gasteiger partial charge on any atom is 0.120 e. The largest absolute Gasteiger partial charge is 0.491 e. The second-order valence-electron chi connectivity index (χ2n) is 3.90. The van der Waals surface area contributed by atoms with E-state index < -0.39 is 0 Å². The Kier molecular flexibility index (Phi) is 5.38. The highest BCUT2D eigenvalue weighted by Gasteiger charge is 1.99. The topological polar surface area (TPSA) is 45.0 Å². The fraction of sp³-hybridized carbons (Fsp3) is 0.462. The molecule has 0 bridgehead atoms. The maximum absolute atomic E-state index is 8.40. The summed E-state index contributed by atoms with van der Waals surface area (Å²) in [5.41, 5.74) is 1.18. The highest BCUT2D eigenvalue weighted by Crippen LogP contribution is 2.14. The minimum Gasteiger partial charge on any atom is -0.491 e. The van der Waals surface area contributed by atoms with Crippen molar-refractivity contribution in [1.82, 2.24) is 5.32 Å². The van der Waals surface area contributed by atoms with Crippen LogP contribution in [0.5, 0.6) is 5.75 Å². The molecule has 0 fully saturated rings. The van der Waals surface area contributed by atoms with Crippen LogP contribution in [0.4, 0.5) is 0 Å². The van der Waals surface area contributed by atoms with Gasteiger partial charge in [-0.05, 0) is 31.5 Å². The van der Waals surface area contributed by atoms with Crippen LogP contribution >= 0.6 is 0 Å². The highest BCUT2D eigenvalue weighted by molar-refractivity contribution is 5.28. The van der Waals surface area contributed by atoms with Gasteiger partial charge >= 0.3 is 0 Å². The quantitative estimate of drug-likeness (QED) is 0.746. The van der Waals surface area contributed by atoms with Crippen molar-refractivity contribution in [2.45, 2.75) is 32.9 Å². The number of hydrogen-bond donors (Lipinski definition) is 1. The van der Waals surface area contributed by atoms with E-state index in [1.54, 1.807) is 0 Å². The summed E-state index contributed by atoms with van der Waals surface area (Å²) < 4.78 is 5.60. The van der Waals surface area contributed by atoms with Crippen LogP contribution in [0.1, 0.15) is 25.8 Å². The fourth-order valence-electron chi connectivity index (χ4n) is 1.38. The molecule has 0 radical (unpaired) electrons. The summed E-state index contributed by atoms with van der Waals surface area (Å²) in [7, 11) is 0. The first kappa shape index (κ1) is 12.5. The number of benzene rings is 1. The van der Waals surface area contributed by atoms with E-state index in [9.17, 15) is 0 Å². The van der Waals surface area contributed by atoms with Gasteiger partial charge in [-0.3, -0.25) is 0 Å². The smallest absolute Gasteiger partial charge is 0.120 e. The number of nitriles is 1. The maximum atomic E-state index is 8.40. The van der Waals surface area contributed by atoms with Crippen molar-refractivity contribution >= 4 is 0 Å².